The molecular formula is C23H25ClO2. The Labute approximate surface area is 160 Å². The molecule has 0 atom stereocenters. The van der Waals surface area contributed by atoms with Crippen LogP contribution in [0, 0.1) is 0 Å². The third-order valence-corrected chi connectivity index (χ3v) is 5.68. The molecule has 136 valence electrons. The zero-order chi connectivity index (χ0) is 19.3. The Balaban J connectivity index is 2.07. The van der Waals surface area contributed by atoms with E-state index in [0.717, 1.165) is 16.7 Å². The number of aromatic carboxylic acids is 1. The summed E-state index contributed by atoms with van der Waals surface area (Å²) < 4.78 is 0. The molecule has 26 heavy (non-hydrogen) atoms. The highest BCUT2D eigenvalue weighted by atomic mass is 35.5. The standard InChI is InChI=1S/C23H25ClO2/c1-14(15-6-8-16(9-7-15)21(25)26)17-12-19(23(5)10-11-23)18(13-20(17)24)22(2,3)4/h6-9,12-13H,1,10-11H2,2-5H3,(H,25,26). The van der Waals surface area contributed by atoms with E-state index in [9.17, 15) is 4.79 Å². The molecule has 0 saturated heterocycles. The smallest absolute Gasteiger partial charge is 0.335 e. The van der Waals surface area contributed by atoms with E-state index in [2.05, 4.69) is 46.4 Å². The molecule has 3 rings (SSSR count). The SMILES string of the molecule is C=C(c1ccc(C(=O)O)cc1)c1cc(C2(C)CC2)c(C(C)(C)C)cc1Cl. The summed E-state index contributed by atoms with van der Waals surface area (Å²) in [5, 5.41) is 9.76. The predicted octanol–water partition coefficient (Wildman–Crippen LogP) is 6.45. The van der Waals surface area contributed by atoms with Gasteiger partial charge in [0, 0.05) is 10.6 Å². The summed E-state index contributed by atoms with van der Waals surface area (Å²) in [7, 11) is 0. The predicted molar refractivity (Wildman–Crippen MR) is 108 cm³/mol. The van der Waals surface area contributed by atoms with Crippen LogP contribution < -0.4 is 0 Å². The minimum Gasteiger partial charge on any atom is -0.478 e. The maximum absolute atomic E-state index is 11.1. The molecule has 0 radical (unpaired) electrons. The minimum absolute atomic E-state index is 0.0214. The van der Waals surface area contributed by atoms with Crippen LogP contribution in [0.25, 0.3) is 5.57 Å². The highest BCUT2D eigenvalue weighted by Gasteiger charge is 2.42. The van der Waals surface area contributed by atoms with Gasteiger partial charge in [0.1, 0.15) is 0 Å². The monoisotopic (exact) mass is 368 g/mol. The lowest BCUT2D eigenvalue weighted by atomic mass is 9.78. The van der Waals surface area contributed by atoms with Crippen molar-refractivity contribution in [2.45, 2.75) is 51.4 Å². The molecule has 0 unspecified atom stereocenters. The molecule has 2 aromatic carbocycles. The van der Waals surface area contributed by atoms with Crippen molar-refractivity contribution in [1.82, 2.24) is 0 Å². The van der Waals surface area contributed by atoms with Gasteiger partial charge in [-0.25, -0.2) is 4.79 Å². The topological polar surface area (TPSA) is 37.3 Å². The molecule has 1 fully saturated rings. The summed E-state index contributed by atoms with van der Waals surface area (Å²) >= 11 is 6.65. The summed E-state index contributed by atoms with van der Waals surface area (Å²) in [4.78, 5) is 11.1. The molecule has 0 aliphatic heterocycles. The summed E-state index contributed by atoms with van der Waals surface area (Å²) in [6, 6.07) is 11.1. The molecule has 0 heterocycles. The summed E-state index contributed by atoms with van der Waals surface area (Å²) in [6.45, 7) is 13.2. The van der Waals surface area contributed by atoms with Crippen LogP contribution in [0.2, 0.25) is 5.02 Å². The largest absolute Gasteiger partial charge is 0.478 e. The van der Waals surface area contributed by atoms with Crippen molar-refractivity contribution in [3.05, 3.63) is 75.8 Å². The number of hydrogen-bond acceptors (Lipinski definition) is 1. The van der Waals surface area contributed by atoms with Crippen LogP contribution in [0.15, 0.2) is 43.0 Å². The van der Waals surface area contributed by atoms with E-state index in [1.165, 1.54) is 24.0 Å². The fraction of sp³-hybridized carbons (Fsp3) is 0.348. The molecule has 0 amide bonds. The third kappa shape index (κ3) is 3.43. The lowest BCUT2D eigenvalue weighted by molar-refractivity contribution is 0.0697. The van der Waals surface area contributed by atoms with Crippen molar-refractivity contribution < 1.29 is 9.90 Å². The van der Waals surface area contributed by atoms with Gasteiger partial charge in [-0.15, -0.1) is 0 Å². The van der Waals surface area contributed by atoms with Gasteiger partial charge in [-0.05, 0) is 70.2 Å². The lowest BCUT2D eigenvalue weighted by Crippen LogP contribution is -2.18. The second-order valence-corrected chi connectivity index (χ2v) is 8.96. The van der Waals surface area contributed by atoms with Gasteiger partial charge in [0.2, 0.25) is 0 Å². The molecular weight excluding hydrogens is 344 g/mol. The van der Waals surface area contributed by atoms with Crippen LogP contribution in [0.1, 0.15) is 73.1 Å². The van der Waals surface area contributed by atoms with E-state index in [0.29, 0.717) is 5.02 Å². The first-order chi connectivity index (χ1) is 12.0. The van der Waals surface area contributed by atoms with Crippen LogP contribution in [0.3, 0.4) is 0 Å². The Kier molecular flexibility index (Phi) is 4.52. The molecule has 1 saturated carbocycles. The molecule has 0 aromatic heterocycles. The van der Waals surface area contributed by atoms with Gasteiger partial charge in [0.25, 0.3) is 0 Å². The molecule has 1 aliphatic rings. The Morgan fingerprint density at radius 3 is 2.12 bits per heavy atom. The molecule has 0 spiro atoms. The van der Waals surface area contributed by atoms with Crippen molar-refractivity contribution in [2.24, 2.45) is 0 Å². The Bertz CT molecular complexity index is 882. The van der Waals surface area contributed by atoms with Gasteiger partial charge >= 0.3 is 5.97 Å². The first-order valence-electron chi connectivity index (χ1n) is 8.90. The van der Waals surface area contributed by atoms with E-state index in [1.807, 2.05) is 0 Å². The number of benzene rings is 2. The van der Waals surface area contributed by atoms with Crippen molar-refractivity contribution in [3.8, 4) is 0 Å². The van der Waals surface area contributed by atoms with Gasteiger partial charge in [-0.2, -0.15) is 0 Å². The normalized spacial score (nSPS) is 15.6. The van der Waals surface area contributed by atoms with Crippen LogP contribution >= 0.6 is 11.6 Å². The van der Waals surface area contributed by atoms with Gasteiger partial charge < -0.3 is 5.11 Å². The molecule has 2 aromatic rings. The quantitative estimate of drug-likeness (QED) is 0.673. The molecule has 3 heteroatoms. The van der Waals surface area contributed by atoms with E-state index < -0.39 is 5.97 Å². The number of hydrogen-bond donors (Lipinski definition) is 1. The van der Waals surface area contributed by atoms with E-state index in [1.54, 1.807) is 24.3 Å². The molecule has 2 nitrogen and oxygen atoms in total. The maximum atomic E-state index is 11.1. The molecule has 0 bridgehead atoms. The second-order valence-electron chi connectivity index (χ2n) is 8.55. The third-order valence-electron chi connectivity index (χ3n) is 5.37. The Morgan fingerprint density at radius 2 is 1.65 bits per heavy atom. The number of halogens is 1. The van der Waals surface area contributed by atoms with Gasteiger partial charge in [0.15, 0.2) is 0 Å². The molecule has 1 N–H and O–H groups in total. The zero-order valence-corrected chi connectivity index (χ0v) is 16.6. The summed E-state index contributed by atoms with van der Waals surface area (Å²) in [5.41, 5.74) is 5.77. The van der Waals surface area contributed by atoms with Crippen LogP contribution in [-0.4, -0.2) is 11.1 Å². The maximum Gasteiger partial charge on any atom is 0.335 e. The number of carboxylic acids is 1. The Morgan fingerprint density at radius 1 is 1.12 bits per heavy atom. The van der Waals surface area contributed by atoms with E-state index in [4.69, 9.17) is 16.7 Å². The zero-order valence-electron chi connectivity index (χ0n) is 15.8. The van der Waals surface area contributed by atoms with Crippen LogP contribution in [0.5, 0.6) is 0 Å². The van der Waals surface area contributed by atoms with Crippen molar-refractivity contribution in [3.63, 3.8) is 0 Å². The first-order valence-corrected chi connectivity index (χ1v) is 9.28. The average molecular weight is 369 g/mol. The summed E-state index contributed by atoms with van der Waals surface area (Å²) in [5.74, 6) is -0.932. The number of rotatable bonds is 4. The van der Waals surface area contributed by atoms with Crippen LogP contribution in [-0.2, 0) is 10.8 Å². The fourth-order valence-corrected chi connectivity index (χ4v) is 3.63. The van der Waals surface area contributed by atoms with Gasteiger partial charge in [-0.1, -0.05) is 58.0 Å². The van der Waals surface area contributed by atoms with E-state index >= 15 is 0 Å². The second kappa shape index (κ2) is 6.28. The summed E-state index contributed by atoms with van der Waals surface area (Å²) in [6.07, 6.45) is 2.38. The highest BCUT2D eigenvalue weighted by molar-refractivity contribution is 6.32. The number of carbonyl (C=O) groups is 1. The molecule has 1 aliphatic carbocycles. The fourth-order valence-electron chi connectivity index (χ4n) is 3.35. The van der Waals surface area contributed by atoms with E-state index in [-0.39, 0.29) is 16.4 Å². The minimum atomic E-state index is -0.932. The Hall–Kier alpha value is -2.06. The number of carboxylic acid groups (broad SMARTS) is 1. The van der Waals surface area contributed by atoms with Crippen molar-refractivity contribution in [2.75, 3.05) is 0 Å². The highest BCUT2D eigenvalue weighted by Crippen LogP contribution is 2.52. The lowest BCUT2D eigenvalue weighted by Gasteiger charge is -2.28. The van der Waals surface area contributed by atoms with Crippen LogP contribution in [0.4, 0.5) is 0 Å². The first kappa shape index (κ1) is 18.7. The van der Waals surface area contributed by atoms with Gasteiger partial charge in [0.05, 0.1) is 5.56 Å². The van der Waals surface area contributed by atoms with Crippen molar-refractivity contribution >= 4 is 23.1 Å². The average Bonchev–Trinajstić information content (AvgIpc) is 3.32. The van der Waals surface area contributed by atoms with Gasteiger partial charge in [-0.3, -0.25) is 0 Å². The van der Waals surface area contributed by atoms with Crippen molar-refractivity contribution in [1.29, 1.82) is 0 Å².